The molecule has 2 rings (SSSR count). The van der Waals surface area contributed by atoms with Gasteiger partial charge in [0.05, 0.1) is 12.8 Å². The van der Waals surface area contributed by atoms with Gasteiger partial charge in [-0.25, -0.2) is 4.99 Å². The van der Waals surface area contributed by atoms with Crippen LogP contribution in [0.25, 0.3) is 0 Å². The number of carbonyl (C=O) groups excluding carboxylic acids is 1. The van der Waals surface area contributed by atoms with Crippen LogP contribution < -0.4 is 10.6 Å². The second-order valence-corrected chi connectivity index (χ2v) is 3.62. The normalized spacial score (nSPS) is 32.7. The minimum absolute atomic E-state index is 0.128. The van der Waals surface area contributed by atoms with E-state index in [4.69, 9.17) is 4.74 Å². The van der Waals surface area contributed by atoms with E-state index in [0.29, 0.717) is 12.6 Å². The number of hydrogen-bond acceptors (Lipinski definition) is 4. The summed E-state index contributed by atoms with van der Waals surface area (Å²) in [6.07, 6.45) is 4.44. The zero-order valence-corrected chi connectivity index (χ0v) is 8.03. The Labute approximate surface area is 82.9 Å². The van der Waals surface area contributed by atoms with E-state index in [2.05, 4.69) is 15.6 Å². The topological polar surface area (TPSA) is 62.7 Å². The minimum atomic E-state index is -0.255. The Morgan fingerprint density at radius 2 is 2.50 bits per heavy atom. The maximum Gasteiger partial charge on any atom is 0.264 e. The van der Waals surface area contributed by atoms with E-state index < -0.39 is 0 Å². The summed E-state index contributed by atoms with van der Waals surface area (Å²) in [4.78, 5) is 14.8. The first kappa shape index (κ1) is 9.61. The molecular weight excluding hydrogens is 182 g/mol. The Morgan fingerprint density at radius 3 is 3.29 bits per heavy atom. The third-order valence-corrected chi connectivity index (χ3v) is 2.42. The number of carbonyl (C=O) groups is 1. The SMILES string of the molecule is O=C1C=NC(NC2CCCCOC2)N1. The van der Waals surface area contributed by atoms with Crippen molar-refractivity contribution < 1.29 is 9.53 Å². The van der Waals surface area contributed by atoms with Crippen molar-refractivity contribution in [2.45, 2.75) is 31.6 Å². The Kier molecular flexibility index (Phi) is 3.10. The van der Waals surface area contributed by atoms with Crippen LogP contribution in [0.5, 0.6) is 0 Å². The monoisotopic (exact) mass is 197 g/mol. The van der Waals surface area contributed by atoms with Gasteiger partial charge in [0.25, 0.3) is 5.91 Å². The maximum atomic E-state index is 10.8. The van der Waals surface area contributed by atoms with E-state index in [1.165, 1.54) is 12.6 Å². The Balaban J connectivity index is 1.78. The molecule has 0 saturated carbocycles. The fourth-order valence-corrected chi connectivity index (χ4v) is 1.69. The predicted octanol–water partition coefficient (Wildman–Crippen LogP) is -0.371. The minimum Gasteiger partial charge on any atom is -0.380 e. The molecule has 5 heteroatoms. The van der Waals surface area contributed by atoms with Gasteiger partial charge in [-0.15, -0.1) is 0 Å². The molecule has 78 valence electrons. The quantitative estimate of drug-likeness (QED) is 0.635. The number of ether oxygens (including phenoxy) is 1. The Morgan fingerprint density at radius 1 is 1.57 bits per heavy atom. The first-order chi connectivity index (χ1) is 6.84. The molecule has 14 heavy (non-hydrogen) atoms. The van der Waals surface area contributed by atoms with Gasteiger partial charge in [0.2, 0.25) is 0 Å². The lowest BCUT2D eigenvalue weighted by Crippen LogP contribution is -2.46. The second-order valence-electron chi connectivity index (χ2n) is 3.62. The van der Waals surface area contributed by atoms with Crippen molar-refractivity contribution in [3.63, 3.8) is 0 Å². The summed E-state index contributed by atoms with van der Waals surface area (Å²) in [6.45, 7) is 1.56. The first-order valence-corrected chi connectivity index (χ1v) is 5.02. The molecule has 2 aliphatic rings. The smallest absolute Gasteiger partial charge is 0.264 e. The highest BCUT2D eigenvalue weighted by Crippen LogP contribution is 2.08. The molecule has 2 heterocycles. The molecule has 5 nitrogen and oxygen atoms in total. The van der Waals surface area contributed by atoms with Crippen LogP contribution in [0.15, 0.2) is 4.99 Å². The molecule has 0 spiro atoms. The van der Waals surface area contributed by atoms with Crippen molar-refractivity contribution in [2.75, 3.05) is 13.2 Å². The average Bonchev–Trinajstić information content (AvgIpc) is 2.43. The molecule has 1 amide bonds. The van der Waals surface area contributed by atoms with Crippen molar-refractivity contribution >= 4 is 12.1 Å². The van der Waals surface area contributed by atoms with Gasteiger partial charge in [-0.3, -0.25) is 10.1 Å². The van der Waals surface area contributed by atoms with Gasteiger partial charge in [0, 0.05) is 12.6 Å². The third kappa shape index (κ3) is 2.52. The number of nitrogens with zero attached hydrogens (tertiary/aromatic N) is 1. The van der Waals surface area contributed by atoms with Gasteiger partial charge >= 0.3 is 0 Å². The number of rotatable bonds is 2. The summed E-state index contributed by atoms with van der Waals surface area (Å²) in [5.74, 6) is -0.128. The average molecular weight is 197 g/mol. The van der Waals surface area contributed by atoms with E-state index in [0.717, 1.165) is 19.4 Å². The summed E-state index contributed by atoms with van der Waals surface area (Å²) in [6, 6.07) is 0.304. The Bertz CT molecular complexity index is 234. The van der Waals surface area contributed by atoms with Crippen LogP contribution in [0.1, 0.15) is 19.3 Å². The second kappa shape index (κ2) is 4.52. The molecule has 0 aromatic heterocycles. The molecule has 0 radical (unpaired) electrons. The molecule has 2 atom stereocenters. The van der Waals surface area contributed by atoms with Crippen molar-refractivity contribution in [3.05, 3.63) is 0 Å². The number of nitrogens with one attached hydrogen (secondary N) is 2. The number of aliphatic imine (C=N–C) groups is 1. The molecular formula is C9H15N3O2. The van der Waals surface area contributed by atoms with Gasteiger partial charge in [-0.2, -0.15) is 0 Å². The van der Waals surface area contributed by atoms with Gasteiger partial charge in [-0.1, -0.05) is 0 Å². The molecule has 0 aromatic carbocycles. The van der Waals surface area contributed by atoms with Crippen LogP contribution in [0.4, 0.5) is 0 Å². The molecule has 2 aliphatic heterocycles. The number of hydrogen-bond donors (Lipinski definition) is 2. The van der Waals surface area contributed by atoms with Gasteiger partial charge in [0.15, 0.2) is 6.29 Å². The highest BCUT2D eigenvalue weighted by Gasteiger charge is 2.20. The highest BCUT2D eigenvalue weighted by molar-refractivity contribution is 6.27. The van der Waals surface area contributed by atoms with Gasteiger partial charge < -0.3 is 10.1 Å². The molecule has 0 bridgehead atoms. The van der Waals surface area contributed by atoms with Crippen molar-refractivity contribution in [1.82, 2.24) is 10.6 Å². The van der Waals surface area contributed by atoms with Crippen LogP contribution in [-0.2, 0) is 9.53 Å². The summed E-state index contributed by atoms with van der Waals surface area (Å²) >= 11 is 0. The summed E-state index contributed by atoms with van der Waals surface area (Å²) in [5, 5.41) is 5.93. The van der Waals surface area contributed by atoms with Crippen molar-refractivity contribution in [1.29, 1.82) is 0 Å². The lowest BCUT2D eigenvalue weighted by Gasteiger charge is -2.19. The molecule has 2 N–H and O–H groups in total. The van der Waals surface area contributed by atoms with Crippen LogP contribution in [0, 0.1) is 0 Å². The predicted molar refractivity (Wildman–Crippen MR) is 52.0 cm³/mol. The molecule has 1 saturated heterocycles. The van der Waals surface area contributed by atoms with Crippen LogP contribution in [0.2, 0.25) is 0 Å². The van der Waals surface area contributed by atoms with E-state index >= 15 is 0 Å². The lowest BCUT2D eigenvalue weighted by molar-refractivity contribution is -0.114. The van der Waals surface area contributed by atoms with E-state index in [1.807, 2.05) is 0 Å². The fraction of sp³-hybridized carbons (Fsp3) is 0.778. The Hall–Kier alpha value is -0.940. The summed E-state index contributed by atoms with van der Waals surface area (Å²) in [5.41, 5.74) is 0. The van der Waals surface area contributed by atoms with E-state index in [1.54, 1.807) is 0 Å². The first-order valence-electron chi connectivity index (χ1n) is 5.02. The van der Waals surface area contributed by atoms with Crippen LogP contribution in [0.3, 0.4) is 0 Å². The lowest BCUT2D eigenvalue weighted by atomic mass is 10.1. The van der Waals surface area contributed by atoms with Crippen molar-refractivity contribution in [3.8, 4) is 0 Å². The summed E-state index contributed by atoms with van der Waals surface area (Å²) < 4.78 is 5.42. The maximum absolute atomic E-state index is 10.8. The molecule has 2 unspecified atom stereocenters. The fourth-order valence-electron chi connectivity index (χ4n) is 1.69. The molecule has 0 aliphatic carbocycles. The van der Waals surface area contributed by atoms with Crippen LogP contribution >= 0.6 is 0 Å². The largest absolute Gasteiger partial charge is 0.380 e. The zero-order valence-electron chi connectivity index (χ0n) is 8.03. The third-order valence-electron chi connectivity index (χ3n) is 2.42. The van der Waals surface area contributed by atoms with E-state index in [9.17, 15) is 4.79 Å². The van der Waals surface area contributed by atoms with E-state index in [-0.39, 0.29) is 12.2 Å². The molecule has 1 fully saturated rings. The van der Waals surface area contributed by atoms with Crippen molar-refractivity contribution in [2.24, 2.45) is 4.99 Å². The van der Waals surface area contributed by atoms with Crippen LogP contribution in [-0.4, -0.2) is 37.7 Å². The zero-order chi connectivity index (χ0) is 9.80. The van der Waals surface area contributed by atoms with Gasteiger partial charge in [0.1, 0.15) is 0 Å². The summed E-state index contributed by atoms with van der Waals surface area (Å²) in [7, 11) is 0. The standard InChI is InChI=1S/C9H15N3O2/c13-8-5-10-9(12-8)11-7-3-1-2-4-14-6-7/h5,7,9,11H,1-4,6H2,(H,12,13). The number of amides is 1. The molecule has 0 aromatic rings. The van der Waals surface area contributed by atoms with Gasteiger partial charge in [-0.05, 0) is 19.3 Å². The highest BCUT2D eigenvalue weighted by atomic mass is 16.5.